The quantitative estimate of drug-likeness (QED) is 0.881. The lowest BCUT2D eigenvalue weighted by atomic mass is 9.98. The Kier molecular flexibility index (Phi) is 3.87. The molecule has 25 heavy (non-hydrogen) atoms. The number of hydrogen-bond acceptors (Lipinski definition) is 6. The summed E-state index contributed by atoms with van der Waals surface area (Å²) in [4.78, 5) is 18.6. The van der Waals surface area contributed by atoms with E-state index in [1.165, 1.54) is 0 Å². The summed E-state index contributed by atoms with van der Waals surface area (Å²) in [6, 6.07) is -0.0394. The van der Waals surface area contributed by atoms with E-state index in [0.717, 1.165) is 35.6 Å². The summed E-state index contributed by atoms with van der Waals surface area (Å²) in [7, 11) is 3.79. The second-order valence-corrected chi connectivity index (χ2v) is 7.17. The van der Waals surface area contributed by atoms with Gasteiger partial charge in [0.2, 0.25) is 11.8 Å². The van der Waals surface area contributed by atoms with Crippen molar-refractivity contribution >= 4 is 5.91 Å². The molecule has 2 aliphatic rings. The minimum absolute atomic E-state index is 0.00428. The number of rotatable bonds is 5. The van der Waals surface area contributed by atoms with Gasteiger partial charge in [-0.05, 0) is 26.7 Å². The fraction of sp³-hybridized carbons (Fsp3) is 0.647. The molecule has 134 valence electrons. The largest absolute Gasteiger partial charge is 0.338 e. The highest BCUT2D eigenvalue weighted by molar-refractivity contribution is 5.80. The average Bonchev–Trinajstić information content (AvgIpc) is 3.19. The molecule has 1 aliphatic carbocycles. The number of nitrogens with zero attached hydrogens (tertiary/aromatic N) is 5. The van der Waals surface area contributed by atoms with Crippen molar-refractivity contribution in [2.24, 2.45) is 7.05 Å². The Bertz CT molecular complexity index is 806. The number of likely N-dealkylation sites (N-methyl/N-ethyl adjacent to an activating group) is 1. The van der Waals surface area contributed by atoms with E-state index in [9.17, 15) is 4.79 Å². The van der Waals surface area contributed by atoms with Crippen molar-refractivity contribution in [2.75, 3.05) is 7.05 Å². The molecular weight excluding hydrogens is 320 g/mol. The monoisotopic (exact) mass is 344 g/mol. The molecule has 2 aromatic heterocycles. The summed E-state index contributed by atoms with van der Waals surface area (Å²) in [6.07, 6.45) is 2.75. The van der Waals surface area contributed by atoms with Crippen molar-refractivity contribution < 1.29 is 9.32 Å². The molecule has 1 amide bonds. The molecule has 8 nitrogen and oxygen atoms in total. The zero-order valence-electron chi connectivity index (χ0n) is 15.1. The van der Waals surface area contributed by atoms with Gasteiger partial charge in [0, 0.05) is 43.7 Å². The van der Waals surface area contributed by atoms with Gasteiger partial charge in [0.15, 0.2) is 5.82 Å². The third-order valence-electron chi connectivity index (χ3n) is 5.39. The fourth-order valence-corrected chi connectivity index (χ4v) is 3.73. The molecule has 1 saturated heterocycles. The topological polar surface area (TPSA) is 89.1 Å². The number of aryl methyl sites for hydroxylation is 2. The van der Waals surface area contributed by atoms with E-state index in [1.54, 1.807) is 0 Å². The zero-order valence-corrected chi connectivity index (χ0v) is 15.1. The van der Waals surface area contributed by atoms with Crippen molar-refractivity contribution in [2.45, 2.75) is 57.7 Å². The van der Waals surface area contributed by atoms with Gasteiger partial charge >= 0.3 is 0 Å². The molecule has 0 radical (unpaired) electrons. The van der Waals surface area contributed by atoms with Crippen LogP contribution in [0, 0.1) is 13.8 Å². The lowest BCUT2D eigenvalue weighted by Gasteiger charge is -2.26. The van der Waals surface area contributed by atoms with E-state index in [1.807, 2.05) is 37.5 Å². The highest BCUT2D eigenvalue weighted by Crippen LogP contribution is 2.38. The molecule has 3 heterocycles. The highest BCUT2D eigenvalue weighted by atomic mass is 16.5. The number of nitrogens with one attached hydrogen (secondary N) is 1. The second kappa shape index (κ2) is 5.94. The van der Waals surface area contributed by atoms with Gasteiger partial charge < -0.3 is 14.7 Å². The van der Waals surface area contributed by atoms with Crippen LogP contribution in [-0.4, -0.2) is 43.8 Å². The highest BCUT2D eigenvalue weighted by Gasteiger charge is 2.41. The Hall–Kier alpha value is -2.22. The van der Waals surface area contributed by atoms with Gasteiger partial charge in [-0.2, -0.15) is 10.1 Å². The first kappa shape index (κ1) is 16.3. The van der Waals surface area contributed by atoms with Crippen molar-refractivity contribution in [1.29, 1.82) is 0 Å². The molecule has 8 heteroatoms. The van der Waals surface area contributed by atoms with Crippen molar-refractivity contribution in [1.82, 2.24) is 30.1 Å². The van der Waals surface area contributed by atoms with Gasteiger partial charge in [-0.3, -0.25) is 9.48 Å². The van der Waals surface area contributed by atoms with Gasteiger partial charge in [-0.15, -0.1) is 0 Å². The summed E-state index contributed by atoms with van der Waals surface area (Å²) in [5, 5.41) is 12.0. The predicted octanol–water partition coefficient (Wildman–Crippen LogP) is 1.36. The third kappa shape index (κ3) is 2.84. The maximum Gasteiger partial charge on any atom is 0.240 e. The first-order valence-corrected chi connectivity index (χ1v) is 8.77. The van der Waals surface area contributed by atoms with Gasteiger partial charge in [0.1, 0.15) is 0 Å². The van der Waals surface area contributed by atoms with Gasteiger partial charge in [0.25, 0.3) is 0 Å². The van der Waals surface area contributed by atoms with Crippen molar-refractivity contribution in [3.63, 3.8) is 0 Å². The second-order valence-electron chi connectivity index (χ2n) is 7.17. The van der Waals surface area contributed by atoms with Crippen LogP contribution in [0.5, 0.6) is 0 Å². The standard InChI is InChI=1S/C17H24N6O2/c1-9-15(10(2)23(4)20-9)16-12(7-14(24)22(16)3)18-8-13-19-17(21-25-13)11-5-6-11/h11-12,16,18H,5-8H2,1-4H3/t12-,16-/m1/s1. The lowest BCUT2D eigenvalue weighted by molar-refractivity contribution is -0.127. The Morgan fingerprint density at radius 1 is 1.28 bits per heavy atom. The smallest absolute Gasteiger partial charge is 0.240 e. The Morgan fingerprint density at radius 2 is 2.04 bits per heavy atom. The van der Waals surface area contributed by atoms with Gasteiger partial charge in [0.05, 0.1) is 18.3 Å². The van der Waals surface area contributed by atoms with Gasteiger partial charge in [-0.25, -0.2) is 0 Å². The molecule has 1 saturated carbocycles. The maximum absolute atomic E-state index is 12.3. The Balaban J connectivity index is 1.53. The first-order valence-electron chi connectivity index (χ1n) is 8.77. The zero-order chi connectivity index (χ0) is 17.7. The van der Waals surface area contributed by atoms with Crippen LogP contribution in [0.3, 0.4) is 0 Å². The molecule has 1 aliphatic heterocycles. The molecule has 2 atom stereocenters. The molecule has 2 aromatic rings. The molecule has 1 N–H and O–H groups in total. The predicted molar refractivity (Wildman–Crippen MR) is 89.7 cm³/mol. The molecule has 0 aromatic carbocycles. The van der Waals surface area contributed by atoms with Gasteiger partial charge in [-0.1, -0.05) is 5.16 Å². The SMILES string of the molecule is Cc1nn(C)c(C)c1[C@H]1[C@H](NCc2nc(C3CC3)no2)CC(=O)N1C. The van der Waals surface area contributed by atoms with Crippen LogP contribution in [0.1, 0.15) is 59.9 Å². The summed E-state index contributed by atoms with van der Waals surface area (Å²) < 4.78 is 7.21. The van der Waals surface area contributed by atoms with E-state index in [-0.39, 0.29) is 18.0 Å². The molecular formula is C17H24N6O2. The summed E-state index contributed by atoms with van der Waals surface area (Å²) in [5.41, 5.74) is 3.18. The molecule has 0 bridgehead atoms. The van der Waals surface area contributed by atoms with Crippen LogP contribution in [-0.2, 0) is 18.4 Å². The average molecular weight is 344 g/mol. The lowest BCUT2D eigenvalue weighted by Crippen LogP contribution is -2.35. The molecule has 2 fully saturated rings. The summed E-state index contributed by atoms with van der Waals surface area (Å²) >= 11 is 0. The normalized spacial score (nSPS) is 23.7. The fourth-order valence-electron chi connectivity index (χ4n) is 3.73. The van der Waals surface area contributed by atoms with Crippen LogP contribution in [0.15, 0.2) is 4.52 Å². The van der Waals surface area contributed by atoms with E-state index in [0.29, 0.717) is 24.8 Å². The minimum atomic E-state index is -0.0352. The van der Waals surface area contributed by atoms with E-state index in [2.05, 4.69) is 20.6 Å². The summed E-state index contributed by atoms with van der Waals surface area (Å²) in [5.74, 6) is 2.01. The van der Waals surface area contributed by atoms with E-state index >= 15 is 0 Å². The third-order valence-corrected chi connectivity index (χ3v) is 5.39. The minimum Gasteiger partial charge on any atom is -0.338 e. The van der Waals surface area contributed by atoms with Crippen LogP contribution in [0.2, 0.25) is 0 Å². The van der Waals surface area contributed by atoms with Crippen LogP contribution < -0.4 is 5.32 Å². The van der Waals surface area contributed by atoms with Crippen LogP contribution in [0.25, 0.3) is 0 Å². The first-order chi connectivity index (χ1) is 12.0. The molecule has 0 unspecified atom stereocenters. The number of hydrogen-bond donors (Lipinski definition) is 1. The van der Waals surface area contributed by atoms with Crippen LogP contribution >= 0.6 is 0 Å². The Morgan fingerprint density at radius 3 is 2.68 bits per heavy atom. The number of likely N-dealkylation sites (tertiary alicyclic amines) is 1. The number of carbonyl (C=O) groups excluding carboxylic acids is 1. The summed E-state index contributed by atoms with van der Waals surface area (Å²) in [6.45, 7) is 4.51. The van der Waals surface area contributed by atoms with E-state index in [4.69, 9.17) is 4.52 Å². The van der Waals surface area contributed by atoms with Crippen LogP contribution in [0.4, 0.5) is 0 Å². The number of carbonyl (C=O) groups is 1. The Labute approximate surface area is 146 Å². The maximum atomic E-state index is 12.3. The van der Waals surface area contributed by atoms with E-state index < -0.39 is 0 Å². The van der Waals surface area contributed by atoms with Crippen molar-refractivity contribution in [3.8, 4) is 0 Å². The van der Waals surface area contributed by atoms with Crippen molar-refractivity contribution in [3.05, 3.63) is 28.7 Å². The molecule has 4 rings (SSSR count). The number of amides is 1. The molecule has 0 spiro atoms. The number of aromatic nitrogens is 4.